The third-order valence-corrected chi connectivity index (χ3v) is 6.95. The molecule has 2 aliphatic carbocycles. The van der Waals surface area contributed by atoms with Crippen LogP contribution in [0.3, 0.4) is 0 Å². The first-order valence-corrected chi connectivity index (χ1v) is 11.5. The van der Waals surface area contributed by atoms with Gasteiger partial charge in [0.25, 0.3) is 5.69 Å². The lowest BCUT2D eigenvalue weighted by molar-refractivity contribution is -0.384. The van der Waals surface area contributed by atoms with E-state index in [1.807, 2.05) is 0 Å². The minimum atomic E-state index is -1.02. The molecule has 1 heterocycles. The number of nitrogens with one attached hydrogen (secondary N) is 1. The lowest BCUT2D eigenvalue weighted by Crippen LogP contribution is -2.43. The fourth-order valence-corrected chi connectivity index (χ4v) is 5.32. The summed E-state index contributed by atoms with van der Waals surface area (Å²) < 4.78 is 10.7. The summed E-state index contributed by atoms with van der Waals surface area (Å²) in [5, 5.41) is 14.7. The maximum Gasteiger partial charge on any atom is 0.337 e. The summed E-state index contributed by atoms with van der Waals surface area (Å²) >= 11 is 0. The number of nitro groups is 1. The van der Waals surface area contributed by atoms with E-state index in [2.05, 4.69) is 5.32 Å². The lowest BCUT2D eigenvalue weighted by Gasteiger charge is -2.38. The van der Waals surface area contributed by atoms with Crippen LogP contribution in [0.25, 0.3) is 0 Å². The van der Waals surface area contributed by atoms with Gasteiger partial charge in [-0.2, -0.15) is 0 Å². The molecule has 0 radical (unpaired) electrons. The van der Waals surface area contributed by atoms with Gasteiger partial charge >= 0.3 is 11.9 Å². The van der Waals surface area contributed by atoms with E-state index >= 15 is 0 Å². The number of nitrogens with zero attached hydrogens (tertiary/aromatic N) is 1. The van der Waals surface area contributed by atoms with Crippen molar-refractivity contribution < 1.29 is 28.8 Å². The third kappa shape index (κ3) is 4.22. The SMILES string of the molecule is COC(=O)[C@@H]1C(=O)C2=C(C[C@H]1C)NC(C)=C(C(=O)OC1CCCC1)[C@H]2c1cccc([N+](=O)[O-])c1. The highest BCUT2D eigenvalue weighted by Gasteiger charge is 2.47. The Morgan fingerprint density at radius 1 is 1.21 bits per heavy atom. The topological polar surface area (TPSA) is 125 Å². The predicted octanol–water partition coefficient (Wildman–Crippen LogP) is 3.69. The van der Waals surface area contributed by atoms with Crippen molar-refractivity contribution in [3.8, 4) is 0 Å². The lowest BCUT2D eigenvalue weighted by atomic mass is 9.69. The number of ketones is 1. The first-order valence-electron chi connectivity index (χ1n) is 11.5. The molecule has 1 aliphatic heterocycles. The number of methoxy groups -OCH3 is 1. The van der Waals surface area contributed by atoms with Crippen molar-refractivity contribution in [1.29, 1.82) is 0 Å². The van der Waals surface area contributed by atoms with E-state index in [4.69, 9.17) is 9.47 Å². The van der Waals surface area contributed by atoms with Crippen molar-refractivity contribution in [2.24, 2.45) is 11.8 Å². The summed E-state index contributed by atoms with van der Waals surface area (Å²) in [6.45, 7) is 3.54. The van der Waals surface area contributed by atoms with Crippen molar-refractivity contribution in [2.45, 2.75) is 58.0 Å². The molecule has 34 heavy (non-hydrogen) atoms. The maximum atomic E-state index is 13.7. The van der Waals surface area contributed by atoms with Gasteiger partial charge in [-0.25, -0.2) is 4.79 Å². The highest BCUT2D eigenvalue weighted by Crippen LogP contribution is 2.46. The van der Waals surface area contributed by atoms with Crippen LogP contribution in [0.1, 0.15) is 57.4 Å². The zero-order chi connectivity index (χ0) is 24.6. The van der Waals surface area contributed by atoms with Crippen LogP contribution in [0.15, 0.2) is 46.8 Å². The molecule has 4 rings (SSSR count). The number of Topliss-reactive ketones (excluding diaryl/α,β-unsaturated/α-hetero) is 1. The van der Waals surface area contributed by atoms with Gasteiger partial charge in [0.2, 0.25) is 0 Å². The molecule has 3 aliphatic rings. The maximum absolute atomic E-state index is 13.7. The Balaban J connectivity index is 1.84. The summed E-state index contributed by atoms with van der Waals surface area (Å²) in [6, 6.07) is 5.91. The molecule has 1 fully saturated rings. The highest BCUT2D eigenvalue weighted by molar-refractivity contribution is 6.12. The molecule has 1 aromatic rings. The number of ether oxygens (including phenoxy) is 2. The number of esters is 2. The number of hydrogen-bond donors (Lipinski definition) is 1. The molecular formula is C25H28N2O7. The second kappa shape index (κ2) is 9.40. The smallest absolute Gasteiger partial charge is 0.337 e. The molecule has 1 N–H and O–H groups in total. The monoisotopic (exact) mass is 468 g/mol. The van der Waals surface area contributed by atoms with E-state index in [1.165, 1.54) is 25.3 Å². The Morgan fingerprint density at radius 2 is 1.91 bits per heavy atom. The normalized spacial score (nSPS) is 25.0. The largest absolute Gasteiger partial charge is 0.468 e. The Labute approximate surface area is 197 Å². The number of hydrogen-bond acceptors (Lipinski definition) is 8. The molecule has 1 aromatic carbocycles. The number of rotatable bonds is 5. The van der Waals surface area contributed by atoms with Crippen LogP contribution in [-0.2, 0) is 23.9 Å². The number of nitro benzene ring substituents is 1. The fourth-order valence-electron chi connectivity index (χ4n) is 5.32. The van der Waals surface area contributed by atoms with Gasteiger partial charge in [-0.1, -0.05) is 19.1 Å². The quantitative estimate of drug-likeness (QED) is 0.300. The third-order valence-electron chi connectivity index (χ3n) is 6.95. The van der Waals surface area contributed by atoms with Crippen molar-refractivity contribution in [1.82, 2.24) is 5.32 Å². The van der Waals surface area contributed by atoms with Crippen molar-refractivity contribution in [2.75, 3.05) is 7.11 Å². The van der Waals surface area contributed by atoms with Crippen LogP contribution in [-0.4, -0.2) is 35.9 Å². The van der Waals surface area contributed by atoms with E-state index < -0.39 is 34.5 Å². The van der Waals surface area contributed by atoms with Crippen LogP contribution in [0.5, 0.6) is 0 Å². The zero-order valence-electron chi connectivity index (χ0n) is 19.5. The Hall–Kier alpha value is -3.49. The van der Waals surface area contributed by atoms with E-state index in [0.717, 1.165) is 25.7 Å². The predicted molar refractivity (Wildman–Crippen MR) is 121 cm³/mol. The molecule has 0 amide bonds. The Kier molecular flexibility index (Phi) is 6.54. The molecule has 0 spiro atoms. The van der Waals surface area contributed by atoms with E-state index in [-0.39, 0.29) is 28.9 Å². The minimum absolute atomic E-state index is 0.152. The average Bonchev–Trinajstić information content (AvgIpc) is 3.30. The van der Waals surface area contributed by atoms with Crippen molar-refractivity contribution >= 4 is 23.4 Å². The number of carbonyl (C=O) groups excluding carboxylic acids is 3. The van der Waals surface area contributed by atoms with Crippen LogP contribution < -0.4 is 5.32 Å². The van der Waals surface area contributed by atoms with E-state index in [0.29, 0.717) is 23.4 Å². The van der Waals surface area contributed by atoms with E-state index in [9.17, 15) is 24.5 Å². The van der Waals surface area contributed by atoms with Crippen molar-refractivity contribution in [3.05, 3.63) is 62.5 Å². The Bertz CT molecular complexity index is 1110. The van der Waals surface area contributed by atoms with Gasteiger partial charge in [-0.05, 0) is 50.5 Å². The molecule has 9 heteroatoms. The minimum Gasteiger partial charge on any atom is -0.468 e. The molecule has 0 aromatic heterocycles. The van der Waals surface area contributed by atoms with E-state index in [1.54, 1.807) is 19.9 Å². The first kappa shape index (κ1) is 23.7. The molecular weight excluding hydrogens is 440 g/mol. The number of benzene rings is 1. The van der Waals surface area contributed by atoms with Gasteiger partial charge in [0.05, 0.1) is 17.6 Å². The van der Waals surface area contributed by atoms with Crippen LogP contribution >= 0.6 is 0 Å². The molecule has 180 valence electrons. The number of carbonyl (C=O) groups is 3. The van der Waals surface area contributed by atoms with Gasteiger partial charge in [0.1, 0.15) is 12.0 Å². The van der Waals surface area contributed by atoms with Crippen LogP contribution in [0.4, 0.5) is 5.69 Å². The van der Waals surface area contributed by atoms with Crippen molar-refractivity contribution in [3.63, 3.8) is 0 Å². The summed E-state index contributed by atoms with van der Waals surface area (Å²) in [5.41, 5.74) is 1.92. The Morgan fingerprint density at radius 3 is 2.56 bits per heavy atom. The summed E-state index contributed by atoms with van der Waals surface area (Å²) in [5.74, 6) is -3.85. The molecule has 1 saturated carbocycles. The second-order valence-corrected chi connectivity index (χ2v) is 9.20. The highest BCUT2D eigenvalue weighted by atomic mass is 16.6. The fraction of sp³-hybridized carbons (Fsp3) is 0.480. The van der Waals surface area contributed by atoms with Gasteiger partial charge in [0.15, 0.2) is 5.78 Å². The molecule has 9 nitrogen and oxygen atoms in total. The summed E-state index contributed by atoms with van der Waals surface area (Å²) in [6.07, 6.45) is 3.72. The molecule has 3 atom stereocenters. The van der Waals surface area contributed by atoms with Crippen LogP contribution in [0, 0.1) is 22.0 Å². The standard InChI is InChI=1S/C25H28N2O7/c1-13-11-18-22(23(28)19(13)24(29)33-3)21(15-7-6-8-16(12-15)27(31)32)20(14(2)26-18)25(30)34-17-9-4-5-10-17/h6-8,12-13,17,19,21,26H,4-5,9-11H2,1-3H3/t13-,19+,21-/m1/s1. The van der Waals surface area contributed by atoms with Gasteiger partial charge in [0, 0.05) is 35.0 Å². The van der Waals surface area contributed by atoms with Gasteiger partial charge < -0.3 is 14.8 Å². The molecule has 0 saturated heterocycles. The molecule has 0 unspecified atom stereocenters. The first-order chi connectivity index (χ1) is 16.2. The molecule has 0 bridgehead atoms. The summed E-state index contributed by atoms with van der Waals surface area (Å²) in [4.78, 5) is 50.5. The second-order valence-electron chi connectivity index (χ2n) is 9.20. The average molecular weight is 469 g/mol. The zero-order valence-corrected chi connectivity index (χ0v) is 19.5. The van der Waals surface area contributed by atoms with Crippen LogP contribution in [0.2, 0.25) is 0 Å². The van der Waals surface area contributed by atoms with Gasteiger partial charge in [-0.3, -0.25) is 19.7 Å². The number of allylic oxidation sites excluding steroid dienone is 3. The number of dihydropyridines is 1. The number of non-ortho nitro benzene ring substituents is 1. The summed E-state index contributed by atoms with van der Waals surface area (Å²) in [7, 11) is 1.23. The van der Waals surface area contributed by atoms with Gasteiger partial charge in [-0.15, -0.1) is 0 Å².